The van der Waals surface area contributed by atoms with Crippen molar-refractivity contribution >= 4 is 29.3 Å². The fourth-order valence-corrected chi connectivity index (χ4v) is 4.36. The molecule has 0 radical (unpaired) electrons. The van der Waals surface area contributed by atoms with Gasteiger partial charge in [-0.3, -0.25) is 4.99 Å². The molecule has 0 atom stereocenters. The molecule has 0 aliphatic carbocycles. The molecular formula is C20H23ClN6O4. The van der Waals surface area contributed by atoms with Gasteiger partial charge in [0.2, 0.25) is 0 Å². The van der Waals surface area contributed by atoms with E-state index < -0.39 is 5.76 Å². The lowest BCUT2D eigenvalue weighted by atomic mass is 9.92. The Morgan fingerprint density at radius 2 is 1.94 bits per heavy atom. The number of benzene rings is 1. The maximum atomic E-state index is 12.4. The van der Waals surface area contributed by atoms with Crippen molar-refractivity contribution < 1.29 is 13.9 Å². The van der Waals surface area contributed by atoms with E-state index in [0.29, 0.717) is 55.0 Å². The number of aromatic nitrogens is 2. The van der Waals surface area contributed by atoms with Crippen LogP contribution in [-0.4, -0.2) is 66.1 Å². The highest BCUT2D eigenvalue weighted by molar-refractivity contribution is 6.34. The van der Waals surface area contributed by atoms with Gasteiger partial charge in [-0.15, -0.1) is 5.10 Å². The number of nitrogen functional groups attached to an aromatic ring is 1. The molecule has 3 aliphatic rings. The van der Waals surface area contributed by atoms with Crippen molar-refractivity contribution in [2.24, 2.45) is 15.9 Å². The van der Waals surface area contributed by atoms with E-state index in [0.717, 1.165) is 32.5 Å². The molecule has 0 unspecified atom stereocenters. The Hall–Kier alpha value is -2.85. The maximum Gasteiger partial charge on any atom is 0.437 e. The molecule has 1 fully saturated rings. The fraction of sp³-hybridized carbons (Fsp3) is 0.500. The summed E-state index contributed by atoms with van der Waals surface area (Å²) < 4.78 is 18.0. The third-order valence-electron chi connectivity index (χ3n) is 5.88. The Kier molecular flexibility index (Phi) is 5.41. The summed E-state index contributed by atoms with van der Waals surface area (Å²) in [5.41, 5.74) is 7.92. The van der Waals surface area contributed by atoms with Crippen LogP contribution in [-0.2, 0) is 6.54 Å². The fourth-order valence-electron chi connectivity index (χ4n) is 4.16. The zero-order chi connectivity index (χ0) is 21.4. The number of nitrogens with two attached hydrogens (primary N) is 1. The van der Waals surface area contributed by atoms with Crippen molar-refractivity contribution in [3.8, 4) is 23.0 Å². The van der Waals surface area contributed by atoms with Gasteiger partial charge in [-0.2, -0.15) is 4.68 Å². The molecule has 10 nitrogen and oxygen atoms in total. The molecular weight excluding hydrogens is 424 g/mol. The van der Waals surface area contributed by atoms with E-state index in [2.05, 4.69) is 20.0 Å². The molecule has 5 rings (SSSR count). The Balaban J connectivity index is 1.27. The van der Waals surface area contributed by atoms with Crippen molar-refractivity contribution in [2.75, 3.05) is 45.1 Å². The molecule has 11 heteroatoms. The molecule has 2 aromatic rings. The molecule has 0 spiro atoms. The number of nitrogens with zero attached hydrogens (tertiary/aromatic N) is 5. The minimum absolute atomic E-state index is 0.131. The topological polar surface area (TPSA) is 120 Å². The van der Waals surface area contributed by atoms with E-state index in [1.54, 1.807) is 12.4 Å². The molecule has 1 aromatic carbocycles. The predicted octanol–water partition coefficient (Wildman–Crippen LogP) is 1.70. The van der Waals surface area contributed by atoms with Crippen LogP contribution in [0.15, 0.2) is 25.3 Å². The van der Waals surface area contributed by atoms with Gasteiger partial charge in [0.1, 0.15) is 19.6 Å². The first-order chi connectivity index (χ1) is 15.1. The highest BCUT2D eigenvalue weighted by atomic mass is 35.5. The van der Waals surface area contributed by atoms with Crippen LogP contribution in [0.2, 0.25) is 5.02 Å². The van der Waals surface area contributed by atoms with Crippen molar-refractivity contribution in [1.82, 2.24) is 14.7 Å². The number of anilines is 1. The Bertz CT molecular complexity index is 1100. The van der Waals surface area contributed by atoms with Gasteiger partial charge in [0.25, 0.3) is 5.89 Å². The van der Waals surface area contributed by atoms with Gasteiger partial charge in [-0.05, 0) is 32.0 Å². The summed E-state index contributed by atoms with van der Waals surface area (Å²) in [5, 5.41) is 4.65. The van der Waals surface area contributed by atoms with Crippen LogP contribution in [0.4, 0.5) is 5.69 Å². The van der Waals surface area contributed by atoms with Crippen molar-refractivity contribution in [2.45, 2.75) is 19.4 Å². The van der Waals surface area contributed by atoms with Gasteiger partial charge < -0.3 is 24.5 Å². The van der Waals surface area contributed by atoms with Gasteiger partial charge >= 0.3 is 5.76 Å². The molecule has 1 aromatic heterocycles. The van der Waals surface area contributed by atoms with Crippen molar-refractivity contribution in [1.29, 1.82) is 0 Å². The summed E-state index contributed by atoms with van der Waals surface area (Å²) in [7, 11) is 0. The number of fused-ring (bicyclic) bond motifs is 1. The third kappa shape index (κ3) is 3.92. The Morgan fingerprint density at radius 1 is 1.16 bits per heavy atom. The number of halogens is 1. The number of ether oxygens (including phenoxy) is 2. The molecule has 1 saturated heterocycles. The number of likely N-dealkylation sites (tertiary alicyclic amines) is 1. The summed E-state index contributed by atoms with van der Waals surface area (Å²) in [5.74, 6) is 0.852. The molecule has 4 heterocycles. The second-order valence-electron chi connectivity index (χ2n) is 7.76. The summed E-state index contributed by atoms with van der Waals surface area (Å²) >= 11 is 6.23. The number of rotatable bonds is 5. The van der Waals surface area contributed by atoms with E-state index in [4.69, 9.17) is 31.2 Å². The van der Waals surface area contributed by atoms with Crippen LogP contribution in [0, 0.1) is 5.92 Å². The zero-order valence-corrected chi connectivity index (χ0v) is 17.7. The zero-order valence-electron chi connectivity index (χ0n) is 16.9. The van der Waals surface area contributed by atoms with Crippen LogP contribution >= 0.6 is 11.6 Å². The van der Waals surface area contributed by atoms with Gasteiger partial charge in [0.05, 0.1) is 29.4 Å². The monoisotopic (exact) mass is 446 g/mol. The number of hydrogen-bond donors (Lipinski definition) is 1. The summed E-state index contributed by atoms with van der Waals surface area (Å²) in [6.07, 6.45) is 3.75. The maximum absolute atomic E-state index is 12.4. The van der Waals surface area contributed by atoms with Crippen LogP contribution in [0.25, 0.3) is 11.5 Å². The van der Waals surface area contributed by atoms with Crippen LogP contribution in [0.5, 0.6) is 11.5 Å². The third-order valence-corrected chi connectivity index (χ3v) is 6.19. The van der Waals surface area contributed by atoms with Crippen LogP contribution < -0.4 is 21.0 Å². The van der Waals surface area contributed by atoms with Gasteiger partial charge in [-0.1, -0.05) is 11.6 Å². The lowest BCUT2D eigenvalue weighted by Gasteiger charge is -2.31. The average Bonchev–Trinajstić information content (AvgIpc) is 3.45. The summed E-state index contributed by atoms with van der Waals surface area (Å²) in [6.45, 7) is 4.51. The summed E-state index contributed by atoms with van der Waals surface area (Å²) in [6, 6.07) is 1.58. The summed E-state index contributed by atoms with van der Waals surface area (Å²) in [4.78, 5) is 23.3. The predicted molar refractivity (Wildman–Crippen MR) is 117 cm³/mol. The first-order valence-electron chi connectivity index (χ1n) is 10.3. The van der Waals surface area contributed by atoms with Crippen molar-refractivity contribution in [3.05, 3.63) is 21.6 Å². The molecule has 2 N–H and O–H groups in total. The van der Waals surface area contributed by atoms with E-state index in [1.807, 2.05) is 0 Å². The normalized spacial score (nSPS) is 19.1. The molecule has 0 bridgehead atoms. The molecule has 3 aliphatic heterocycles. The highest BCUT2D eigenvalue weighted by Gasteiger charge is 2.27. The van der Waals surface area contributed by atoms with E-state index in [9.17, 15) is 4.79 Å². The second kappa shape index (κ2) is 8.35. The number of aliphatic imine (C=N–C) groups is 2. The minimum Gasteiger partial charge on any atom is -0.485 e. The quantitative estimate of drug-likeness (QED) is 0.694. The lowest BCUT2D eigenvalue weighted by Crippen LogP contribution is -2.39. The van der Waals surface area contributed by atoms with E-state index in [-0.39, 0.29) is 10.9 Å². The number of piperidine rings is 1. The van der Waals surface area contributed by atoms with E-state index in [1.165, 1.54) is 10.4 Å². The Labute approximate surface area is 183 Å². The highest BCUT2D eigenvalue weighted by Crippen LogP contribution is 2.46. The SMILES string of the molecule is Nc1c(Cl)cc(-c2nn(CCN3CCC(C4=NC=NC4)CC3)c(=O)o2)c2c1OCCO2. The second-order valence-corrected chi connectivity index (χ2v) is 8.17. The largest absolute Gasteiger partial charge is 0.485 e. The van der Waals surface area contributed by atoms with Gasteiger partial charge in [0, 0.05) is 18.2 Å². The number of hydrogen-bond acceptors (Lipinski definition) is 9. The van der Waals surface area contributed by atoms with Gasteiger partial charge in [-0.25, -0.2) is 9.79 Å². The standard InChI is InChI=1S/C20H23ClN6O4/c21-14-9-13(17-18(16(14)22)30-8-7-29-17)19-25-27(20(28)31-19)6-5-26-3-1-12(2-4-26)15-10-23-11-24-15/h9,11-12H,1-8,10,22H2. The van der Waals surface area contributed by atoms with Crippen LogP contribution in [0.3, 0.4) is 0 Å². The first kappa shape index (κ1) is 20.1. The Morgan fingerprint density at radius 3 is 2.68 bits per heavy atom. The minimum atomic E-state index is -0.527. The average molecular weight is 447 g/mol. The smallest absolute Gasteiger partial charge is 0.437 e. The molecule has 164 valence electrons. The lowest BCUT2D eigenvalue weighted by molar-refractivity contribution is 0.173. The van der Waals surface area contributed by atoms with Crippen LogP contribution in [0.1, 0.15) is 12.8 Å². The van der Waals surface area contributed by atoms with Gasteiger partial charge in [0.15, 0.2) is 11.5 Å². The molecule has 0 saturated carbocycles. The molecule has 0 amide bonds. The van der Waals surface area contributed by atoms with E-state index >= 15 is 0 Å². The molecule has 31 heavy (non-hydrogen) atoms. The first-order valence-corrected chi connectivity index (χ1v) is 10.7. The van der Waals surface area contributed by atoms with Crippen molar-refractivity contribution in [3.63, 3.8) is 0 Å².